The molecule has 6 nitrogen and oxygen atoms in total. The summed E-state index contributed by atoms with van der Waals surface area (Å²) in [6.45, 7) is 1.87. The fourth-order valence-corrected chi connectivity index (χ4v) is 4.57. The van der Waals surface area contributed by atoms with Gasteiger partial charge >= 0.3 is 0 Å². The molecule has 0 aromatic carbocycles. The van der Waals surface area contributed by atoms with E-state index >= 15 is 0 Å². The van der Waals surface area contributed by atoms with E-state index in [1.165, 1.54) is 0 Å². The van der Waals surface area contributed by atoms with Crippen molar-refractivity contribution in [1.29, 1.82) is 0 Å². The Kier molecular flexibility index (Phi) is 3.18. The molecule has 0 fully saturated rings. The molecule has 5 rings (SSSR count). The number of Topliss-reactive ketones (excluding diaryl/α,β-unsaturated/α-hetero) is 1. The van der Waals surface area contributed by atoms with E-state index in [4.69, 9.17) is 4.42 Å². The van der Waals surface area contributed by atoms with Gasteiger partial charge in [0.05, 0.1) is 6.26 Å². The number of thiophene rings is 1. The van der Waals surface area contributed by atoms with Crippen LogP contribution in [0.3, 0.4) is 0 Å². The quantitative estimate of drug-likeness (QED) is 0.762. The largest absolute Gasteiger partial charge is 0.469 e. The number of hydrogen-bond donors (Lipinski definition) is 1. The maximum Gasteiger partial charge on any atom is 0.226 e. The minimum atomic E-state index is -0.197. The zero-order chi connectivity index (χ0) is 17.0. The van der Waals surface area contributed by atoms with Crippen molar-refractivity contribution in [3.05, 3.63) is 63.6 Å². The fourth-order valence-electron chi connectivity index (χ4n) is 3.75. The van der Waals surface area contributed by atoms with Crippen molar-refractivity contribution in [2.75, 3.05) is 5.32 Å². The van der Waals surface area contributed by atoms with Crippen LogP contribution in [0, 0.1) is 6.92 Å². The number of carbonyl (C=O) groups excluding carboxylic acids is 1. The predicted molar refractivity (Wildman–Crippen MR) is 93.6 cm³/mol. The summed E-state index contributed by atoms with van der Waals surface area (Å²) < 4.78 is 7.38. The number of fused-ring (bicyclic) bond motifs is 1. The number of hydrogen-bond acceptors (Lipinski definition) is 6. The molecule has 0 radical (unpaired) electrons. The number of allylic oxidation sites excluding steroid dienone is 2. The van der Waals surface area contributed by atoms with Gasteiger partial charge in [-0.25, -0.2) is 4.68 Å². The van der Waals surface area contributed by atoms with Crippen LogP contribution in [-0.2, 0) is 4.79 Å². The Bertz CT molecular complexity index is 969. The SMILES string of the molecule is Cc1nc2n(n1)C(c1cccs1)C1=C(CC(c3ccco3)CC1=O)N2. The summed E-state index contributed by atoms with van der Waals surface area (Å²) in [6, 6.07) is 7.67. The molecule has 0 amide bonds. The molecular formula is C18H16N4O2S. The first kappa shape index (κ1) is 14.7. The van der Waals surface area contributed by atoms with Crippen LogP contribution < -0.4 is 5.32 Å². The molecule has 1 aliphatic carbocycles. The first-order chi connectivity index (χ1) is 12.2. The predicted octanol–water partition coefficient (Wildman–Crippen LogP) is 3.66. The molecule has 3 aromatic heterocycles. The molecule has 126 valence electrons. The molecule has 2 unspecified atom stereocenters. The average molecular weight is 352 g/mol. The zero-order valence-electron chi connectivity index (χ0n) is 13.6. The Morgan fingerprint density at radius 2 is 2.24 bits per heavy atom. The summed E-state index contributed by atoms with van der Waals surface area (Å²) in [7, 11) is 0. The number of aryl methyl sites for hydroxylation is 1. The van der Waals surface area contributed by atoms with Crippen molar-refractivity contribution in [2.24, 2.45) is 0 Å². The minimum absolute atomic E-state index is 0.0632. The number of nitrogens with zero attached hydrogens (tertiary/aromatic N) is 3. The summed E-state index contributed by atoms with van der Waals surface area (Å²) in [5.41, 5.74) is 1.75. The van der Waals surface area contributed by atoms with Gasteiger partial charge in [0, 0.05) is 28.5 Å². The van der Waals surface area contributed by atoms with E-state index in [-0.39, 0.29) is 17.7 Å². The van der Waals surface area contributed by atoms with Gasteiger partial charge in [-0.3, -0.25) is 4.79 Å². The Labute approximate surface area is 148 Å². The summed E-state index contributed by atoms with van der Waals surface area (Å²) in [5, 5.41) is 9.90. The molecule has 25 heavy (non-hydrogen) atoms. The molecule has 4 heterocycles. The van der Waals surface area contributed by atoms with Crippen LogP contribution in [-0.4, -0.2) is 20.5 Å². The Morgan fingerprint density at radius 1 is 1.32 bits per heavy atom. The Hall–Kier alpha value is -2.67. The highest BCUT2D eigenvalue weighted by Crippen LogP contribution is 2.44. The number of anilines is 1. The second-order valence-electron chi connectivity index (χ2n) is 6.41. The second kappa shape index (κ2) is 5.42. The van der Waals surface area contributed by atoms with Crippen LogP contribution >= 0.6 is 11.3 Å². The average Bonchev–Trinajstić information content (AvgIpc) is 3.33. The lowest BCUT2D eigenvalue weighted by Crippen LogP contribution is -2.33. The van der Waals surface area contributed by atoms with E-state index in [2.05, 4.69) is 21.5 Å². The van der Waals surface area contributed by atoms with E-state index < -0.39 is 0 Å². The highest BCUT2D eigenvalue weighted by atomic mass is 32.1. The third-order valence-corrected chi connectivity index (χ3v) is 5.71. The van der Waals surface area contributed by atoms with Gasteiger partial charge in [-0.05, 0) is 36.9 Å². The number of furan rings is 1. The number of ketones is 1. The number of nitrogens with one attached hydrogen (secondary N) is 1. The van der Waals surface area contributed by atoms with Crippen LogP contribution in [0.25, 0.3) is 0 Å². The zero-order valence-corrected chi connectivity index (χ0v) is 14.4. The third kappa shape index (κ3) is 2.26. The normalized spacial score (nSPS) is 22.5. The van der Waals surface area contributed by atoms with Gasteiger partial charge in [-0.2, -0.15) is 10.1 Å². The topological polar surface area (TPSA) is 73.0 Å². The van der Waals surface area contributed by atoms with Crippen molar-refractivity contribution in [3.63, 3.8) is 0 Å². The minimum Gasteiger partial charge on any atom is -0.469 e. The van der Waals surface area contributed by atoms with Crippen LogP contribution in [0.2, 0.25) is 0 Å². The third-order valence-electron chi connectivity index (χ3n) is 4.78. The molecule has 2 aliphatic rings. The molecule has 0 bridgehead atoms. The van der Waals surface area contributed by atoms with E-state index in [0.29, 0.717) is 18.2 Å². The first-order valence-corrected chi connectivity index (χ1v) is 9.12. The highest BCUT2D eigenvalue weighted by molar-refractivity contribution is 7.10. The summed E-state index contributed by atoms with van der Waals surface area (Å²) >= 11 is 1.64. The van der Waals surface area contributed by atoms with Crippen molar-refractivity contribution in [1.82, 2.24) is 14.8 Å². The standard InChI is InChI=1S/C18H16N4O2S/c1-10-19-18-20-12-8-11(14-4-2-6-24-14)9-13(23)16(12)17(22(18)21-10)15-5-3-7-25-15/h2-7,11,17H,8-9H2,1H3,(H,19,20,21). The maximum absolute atomic E-state index is 13.1. The van der Waals surface area contributed by atoms with E-state index in [1.54, 1.807) is 17.6 Å². The summed E-state index contributed by atoms with van der Waals surface area (Å²) in [4.78, 5) is 18.7. The summed E-state index contributed by atoms with van der Waals surface area (Å²) in [5.74, 6) is 2.46. The van der Waals surface area contributed by atoms with Gasteiger partial charge in [-0.1, -0.05) is 6.07 Å². The monoisotopic (exact) mass is 352 g/mol. The molecule has 1 N–H and O–H groups in total. The second-order valence-corrected chi connectivity index (χ2v) is 7.39. The lowest BCUT2D eigenvalue weighted by atomic mass is 9.81. The van der Waals surface area contributed by atoms with Gasteiger partial charge in [0.2, 0.25) is 5.95 Å². The van der Waals surface area contributed by atoms with Gasteiger partial charge in [-0.15, -0.1) is 11.3 Å². The van der Waals surface area contributed by atoms with Crippen LogP contribution in [0.4, 0.5) is 5.95 Å². The van der Waals surface area contributed by atoms with Crippen molar-refractivity contribution in [3.8, 4) is 0 Å². The van der Waals surface area contributed by atoms with E-state index in [9.17, 15) is 4.79 Å². The molecule has 0 spiro atoms. The summed E-state index contributed by atoms with van der Waals surface area (Å²) in [6.07, 6.45) is 2.85. The maximum atomic E-state index is 13.1. The van der Waals surface area contributed by atoms with Gasteiger partial charge in [0.15, 0.2) is 5.78 Å². The lowest BCUT2D eigenvalue weighted by Gasteiger charge is -2.33. The highest BCUT2D eigenvalue weighted by Gasteiger charge is 2.40. The molecular weight excluding hydrogens is 336 g/mol. The van der Waals surface area contributed by atoms with E-state index in [0.717, 1.165) is 28.3 Å². The number of aromatic nitrogens is 3. The van der Waals surface area contributed by atoms with Crippen molar-refractivity contribution < 1.29 is 9.21 Å². The van der Waals surface area contributed by atoms with Crippen LogP contribution in [0.5, 0.6) is 0 Å². The first-order valence-electron chi connectivity index (χ1n) is 8.24. The molecule has 0 saturated carbocycles. The van der Waals surface area contributed by atoms with Gasteiger partial charge in [0.1, 0.15) is 17.6 Å². The molecule has 3 aromatic rings. The lowest BCUT2D eigenvalue weighted by molar-refractivity contribution is -0.116. The Morgan fingerprint density at radius 3 is 3.00 bits per heavy atom. The van der Waals surface area contributed by atoms with Gasteiger partial charge < -0.3 is 9.73 Å². The molecule has 0 saturated heterocycles. The van der Waals surface area contributed by atoms with Crippen molar-refractivity contribution in [2.45, 2.75) is 31.7 Å². The van der Waals surface area contributed by atoms with Crippen LogP contribution in [0.1, 0.15) is 41.3 Å². The van der Waals surface area contributed by atoms with Crippen molar-refractivity contribution >= 4 is 23.1 Å². The fraction of sp³-hybridized carbons (Fsp3) is 0.278. The smallest absolute Gasteiger partial charge is 0.226 e. The number of rotatable bonds is 2. The number of carbonyl (C=O) groups is 1. The van der Waals surface area contributed by atoms with Crippen LogP contribution in [0.15, 0.2) is 51.6 Å². The molecule has 1 aliphatic heterocycles. The molecule has 2 atom stereocenters. The molecule has 7 heteroatoms. The van der Waals surface area contributed by atoms with E-state index in [1.807, 2.05) is 35.2 Å². The van der Waals surface area contributed by atoms with Gasteiger partial charge in [0.25, 0.3) is 0 Å². The Balaban J connectivity index is 1.63.